The fraction of sp³-hybridized carbons (Fsp3) is 0.455. The molecule has 0 spiro atoms. The maximum Gasteiger partial charge on any atom is 0.148 e. The average Bonchev–Trinajstić information content (AvgIpc) is 2.30. The van der Waals surface area contributed by atoms with Crippen LogP contribution in [-0.4, -0.2) is 31.6 Å². The molecule has 2 rings (SSSR count). The summed E-state index contributed by atoms with van der Waals surface area (Å²) in [4.78, 5) is 2.12. The third-order valence-corrected chi connectivity index (χ3v) is 3.53. The van der Waals surface area contributed by atoms with E-state index in [4.69, 9.17) is 0 Å². The lowest BCUT2D eigenvalue weighted by Crippen LogP contribution is -2.33. The Labute approximate surface area is 93.8 Å². The average molecular weight is 226 g/mol. The van der Waals surface area contributed by atoms with Crippen LogP contribution in [0, 0.1) is 5.82 Å². The quantitative estimate of drug-likeness (QED) is 0.833. The molecule has 1 aromatic rings. The molecule has 15 heavy (non-hydrogen) atoms. The van der Waals surface area contributed by atoms with E-state index < -0.39 is 0 Å². The third-order valence-electron chi connectivity index (χ3n) is 2.59. The van der Waals surface area contributed by atoms with E-state index in [2.05, 4.69) is 10.2 Å². The Hall–Kier alpha value is -0.900. The van der Waals surface area contributed by atoms with Crippen LogP contribution in [0.25, 0.3) is 0 Å². The van der Waals surface area contributed by atoms with Crippen molar-refractivity contribution < 1.29 is 4.39 Å². The molecule has 1 aliphatic heterocycles. The first-order valence-electron chi connectivity index (χ1n) is 5.11. The fourth-order valence-corrected chi connectivity index (χ4v) is 2.63. The Morgan fingerprint density at radius 2 is 2.07 bits per heavy atom. The van der Waals surface area contributed by atoms with E-state index in [-0.39, 0.29) is 5.82 Å². The molecule has 0 amide bonds. The minimum absolute atomic E-state index is 0.131. The first-order valence-corrected chi connectivity index (χ1v) is 6.27. The van der Waals surface area contributed by atoms with Crippen LogP contribution in [0.1, 0.15) is 0 Å². The molecular weight excluding hydrogens is 211 g/mol. The number of halogens is 1. The second-order valence-corrected chi connectivity index (χ2v) is 4.74. The highest BCUT2D eigenvalue weighted by molar-refractivity contribution is 7.99. The van der Waals surface area contributed by atoms with E-state index in [0.717, 1.165) is 36.0 Å². The van der Waals surface area contributed by atoms with E-state index in [9.17, 15) is 4.39 Å². The number of thioether (sulfide) groups is 1. The smallest absolute Gasteiger partial charge is 0.148 e. The van der Waals surface area contributed by atoms with E-state index in [1.807, 2.05) is 23.9 Å². The second kappa shape index (κ2) is 4.75. The number of benzene rings is 1. The Bertz CT molecular complexity index is 337. The van der Waals surface area contributed by atoms with Gasteiger partial charge in [0.1, 0.15) is 5.82 Å². The molecule has 1 N–H and O–H groups in total. The maximum atomic E-state index is 13.7. The van der Waals surface area contributed by atoms with Gasteiger partial charge in [-0.25, -0.2) is 4.39 Å². The van der Waals surface area contributed by atoms with Gasteiger partial charge in [0, 0.05) is 37.3 Å². The van der Waals surface area contributed by atoms with Crippen molar-refractivity contribution in [1.82, 2.24) is 0 Å². The molecule has 0 unspecified atom stereocenters. The van der Waals surface area contributed by atoms with Crippen molar-refractivity contribution in [2.75, 3.05) is 41.9 Å². The molecule has 2 nitrogen and oxygen atoms in total. The van der Waals surface area contributed by atoms with E-state index in [1.54, 1.807) is 13.1 Å². The van der Waals surface area contributed by atoms with Gasteiger partial charge in [0.2, 0.25) is 0 Å². The highest BCUT2D eigenvalue weighted by Crippen LogP contribution is 2.25. The molecule has 0 aliphatic carbocycles. The summed E-state index contributed by atoms with van der Waals surface area (Å²) in [7, 11) is 1.80. The zero-order valence-corrected chi connectivity index (χ0v) is 9.61. The van der Waals surface area contributed by atoms with Crippen molar-refractivity contribution in [3.63, 3.8) is 0 Å². The van der Waals surface area contributed by atoms with Gasteiger partial charge in [-0.15, -0.1) is 0 Å². The molecule has 1 saturated heterocycles. The van der Waals surface area contributed by atoms with Gasteiger partial charge in [-0.2, -0.15) is 11.8 Å². The standard InChI is InChI=1S/C11H15FN2S/c1-13-9-2-3-11(10(12)8-9)14-4-6-15-7-5-14/h2-3,8,13H,4-7H2,1H3. The summed E-state index contributed by atoms with van der Waals surface area (Å²) in [6.07, 6.45) is 0. The lowest BCUT2D eigenvalue weighted by molar-refractivity contribution is 0.620. The predicted molar refractivity (Wildman–Crippen MR) is 65.5 cm³/mol. The maximum absolute atomic E-state index is 13.7. The molecule has 0 bridgehead atoms. The van der Waals surface area contributed by atoms with Crippen LogP contribution in [0.2, 0.25) is 0 Å². The monoisotopic (exact) mass is 226 g/mol. The Kier molecular flexibility index (Phi) is 3.36. The summed E-state index contributed by atoms with van der Waals surface area (Å²) in [5, 5.41) is 2.94. The third kappa shape index (κ3) is 2.37. The zero-order valence-electron chi connectivity index (χ0n) is 8.79. The molecule has 4 heteroatoms. The van der Waals surface area contributed by atoms with Crippen LogP contribution in [0.4, 0.5) is 15.8 Å². The van der Waals surface area contributed by atoms with Gasteiger partial charge < -0.3 is 10.2 Å². The van der Waals surface area contributed by atoms with Gasteiger partial charge >= 0.3 is 0 Å². The fourth-order valence-electron chi connectivity index (χ4n) is 1.72. The van der Waals surface area contributed by atoms with Crippen LogP contribution in [0.15, 0.2) is 18.2 Å². The molecule has 1 fully saturated rings. The van der Waals surface area contributed by atoms with Crippen LogP contribution >= 0.6 is 11.8 Å². The summed E-state index contributed by atoms with van der Waals surface area (Å²) in [6, 6.07) is 5.33. The summed E-state index contributed by atoms with van der Waals surface area (Å²) < 4.78 is 13.7. The van der Waals surface area contributed by atoms with Crippen molar-refractivity contribution in [3.8, 4) is 0 Å². The first kappa shape index (κ1) is 10.6. The largest absolute Gasteiger partial charge is 0.388 e. The number of nitrogens with one attached hydrogen (secondary N) is 1. The first-order chi connectivity index (χ1) is 7.31. The topological polar surface area (TPSA) is 15.3 Å². The normalized spacial score (nSPS) is 16.5. The molecule has 82 valence electrons. The number of hydrogen-bond donors (Lipinski definition) is 1. The van der Waals surface area contributed by atoms with E-state index in [1.165, 1.54) is 0 Å². The highest BCUT2D eigenvalue weighted by atomic mass is 32.2. The van der Waals surface area contributed by atoms with Crippen LogP contribution in [0.5, 0.6) is 0 Å². The van der Waals surface area contributed by atoms with Crippen LogP contribution in [-0.2, 0) is 0 Å². The molecular formula is C11H15FN2S. The van der Waals surface area contributed by atoms with Gasteiger partial charge in [0.25, 0.3) is 0 Å². The van der Waals surface area contributed by atoms with Crippen molar-refractivity contribution in [2.24, 2.45) is 0 Å². The Balaban J connectivity index is 2.19. The minimum atomic E-state index is -0.131. The summed E-state index contributed by atoms with van der Waals surface area (Å²) in [5.74, 6) is 2.05. The molecule has 0 atom stereocenters. The number of nitrogens with zero attached hydrogens (tertiary/aromatic N) is 1. The second-order valence-electron chi connectivity index (χ2n) is 3.52. The SMILES string of the molecule is CNc1ccc(N2CCSCC2)c(F)c1. The molecule has 0 saturated carbocycles. The van der Waals surface area contributed by atoms with Crippen molar-refractivity contribution in [2.45, 2.75) is 0 Å². The molecule has 1 heterocycles. The summed E-state index contributed by atoms with van der Waals surface area (Å²) >= 11 is 1.93. The molecule has 0 aromatic heterocycles. The van der Waals surface area contributed by atoms with Gasteiger partial charge in [-0.1, -0.05) is 0 Å². The van der Waals surface area contributed by atoms with Crippen molar-refractivity contribution in [1.29, 1.82) is 0 Å². The van der Waals surface area contributed by atoms with Gasteiger partial charge in [-0.3, -0.25) is 0 Å². The number of rotatable bonds is 2. The Morgan fingerprint density at radius 1 is 1.33 bits per heavy atom. The number of anilines is 2. The van der Waals surface area contributed by atoms with Crippen LogP contribution in [0.3, 0.4) is 0 Å². The predicted octanol–water partition coefficient (Wildman–Crippen LogP) is 2.42. The molecule has 1 aliphatic rings. The van der Waals surface area contributed by atoms with Crippen molar-refractivity contribution >= 4 is 23.1 Å². The number of hydrogen-bond acceptors (Lipinski definition) is 3. The van der Waals surface area contributed by atoms with Crippen LogP contribution < -0.4 is 10.2 Å². The lowest BCUT2D eigenvalue weighted by atomic mass is 10.2. The Morgan fingerprint density at radius 3 is 2.67 bits per heavy atom. The van der Waals surface area contributed by atoms with Crippen molar-refractivity contribution in [3.05, 3.63) is 24.0 Å². The van der Waals surface area contributed by atoms with Gasteiger partial charge in [0.05, 0.1) is 5.69 Å². The summed E-state index contributed by atoms with van der Waals surface area (Å²) in [6.45, 7) is 1.89. The van der Waals surface area contributed by atoms with Gasteiger partial charge in [0.15, 0.2) is 0 Å². The molecule has 1 aromatic carbocycles. The summed E-state index contributed by atoms with van der Waals surface area (Å²) in [5.41, 5.74) is 1.55. The highest BCUT2D eigenvalue weighted by Gasteiger charge is 2.14. The lowest BCUT2D eigenvalue weighted by Gasteiger charge is -2.28. The zero-order chi connectivity index (χ0) is 10.7. The van der Waals surface area contributed by atoms with E-state index in [0.29, 0.717) is 0 Å². The molecule has 0 radical (unpaired) electrons. The van der Waals surface area contributed by atoms with E-state index >= 15 is 0 Å². The minimum Gasteiger partial charge on any atom is -0.388 e. The van der Waals surface area contributed by atoms with Gasteiger partial charge in [-0.05, 0) is 18.2 Å².